The van der Waals surface area contributed by atoms with Crippen LogP contribution in [-0.4, -0.2) is 49.5 Å². The minimum atomic E-state index is -3.12. The normalized spacial score (nSPS) is 22.6. The van der Waals surface area contributed by atoms with E-state index in [4.69, 9.17) is 9.47 Å². The molecule has 0 N–H and O–H groups in total. The zero-order chi connectivity index (χ0) is 19.7. The molecule has 28 heavy (non-hydrogen) atoms. The third-order valence-electron chi connectivity index (χ3n) is 5.19. The summed E-state index contributed by atoms with van der Waals surface area (Å²) < 4.78 is 35.6. The highest BCUT2D eigenvalue weighted by Gasteiger charge is 2.39. The molecule has 0 unspecified atom stereocenters. The van der Waals surface area contributed by atoms with E-state index in [2.05, 4.69) is 0 Å². The van der Waals surface area contributed by atoms with Gasteiger partial charge in [0.25, 0.3) is 5.91 Å². The van der Waals surface area contributed by atoms with Gasteiger partial charge in [0, 0.05) is 12.6 Å². The summed E-state index contributed by atoms with van der Waals surface area (Å²) in [5, 5.41) is 0. The molecule has 1 amide bonds. The van der Waals surface area contributed by atoms with E-state index in [-0.39, 0.29) is 30.1 Å². The lowest BCUT2D eigenvalue weighted by Gasteiger charge is -2.34. The summed E-state index contributed by atoms with van der Waals surface area (Å²) in [7, 11) is -3.12. The number of carbonyl (C=O) groups is 1. The highest BCUT2D eigenvalue weighted by molar-refractivity contribution is 7.91. The number of benzene rings is 2. The third-order valence-corrected chi connectivity index (χ3v) is 6.94. The van der Waals surface area contributed by atoms with E-state index in [1.165, 1.54) is 0 Å². The Morgan fingerprint density at radius 1 is 1.11 bits per heavy atom. The largest absolute Gasteiger partial charge is 0.485 e. The minimum absolute atomic E-state index is 0.00519. The van der Waals surface area contributed by atoms with E-state index in [1.54, 1.807) is 17.0 Å². The van der Waals surface area contributed by atoms with Gasteiger partial charge in [0.05, 0.1) is 11.5 Å². The Labute approximate surface area is 165 Å². The van der Waals surface area contributed by atoms with E-state index < -0.39 is 15.9 Å². The summed E-state index contributed by atoms with van der Waals surface area (Å²) in [6.45, 7) is 2.46. The third kappa shape index (κ3) is 3.99. The second-order valence-electron chi connectivity index (χ2n) is 7.37. The molecule has 2 aromatic carbocycles. The molecule has 0 spiro atoms. The number of ether oxygens (including phenoxy) is 2. The molecule has 1 saturated heterocycles. The van der Waals surface area contributed by atoms with Gasteiger partial charge in [-0.1, -0.05) is 42.0 Å². The molecular formula is C21H23NO5S. The molecule has 0 bridgehead atoms. The van der Waals surface area contributed by atoms with E-state index in [9.17, 15) is 13.2 Å². The van der Waals surface area contributed by atoms with Crippen molar-refractivity contribution in [2.75, 3.05) is 18.1 Å². The van der Waals surface area contributed by atoms with Crippen LogP contribution < -0.4 is 9.47 Å². The smallest absolute Gasteiger partial charge is 0.267 e. The Hall–Kier alpha value is -2.54. The van der Waals surface area contributed by atoms with Crippen molar-refractivity contribution >= 4 is 15.7 Å². The Kier molecular flexibility index (Phi) is 5.02. The Morgan fingerprint density at radius 3 is 2.50 bits per heavy atom. The molecule has 148 valence electrons. The number of fused-ring (bicyclic) bond motifs is 1. The number of para-hydroxylation sites is 2. The van der Waals surface area contributed by atoms with Crippen molar-refractivity contribution in [3.8, 4) is 11.5 Å². The van der Waals surface area contributed by atoms with E-state index in [0.717, 1.165) is 11.1 Å². The van der Waals surface area contributed by atoms with Crippen molar-refractivity contribution in [1.82, 2.24) is 4.90 Å². The lowest BCUT2D eigenvalue weighted by Crippen LogP contribution is -2.50. The van der Waals surface area contributed by atoms with Crippen molar-refractivity contribution in [2.24, 2.45) is 0 Å². The first-order chi connectivity index (χ1) is 13.4. The summed E-state index contributed by atoms with van der Waals surface area (Å²) in [5.74, 6) is 1.01. The summed E-state index contributed by atoms with van der Waals surface area (Å²) in [5.41, 5.74) is 2.09. The van der Waals surface area contributed by atoms with E-state index in [0.29, 0.717) is 24.5 Å². The molecule has 4 rings (SSSR count). The van der Waals surface area contributed by atoms with Gasteiger partial charge in [-0.3, -0.25) is 4.79 Å². The summed E-state index contributed by atoms with van der Waals surface area (Å²) >= 11 is 0. The number of carbonyl (C=O) groups excluding carboxylic acids is 1. The standard InChI is InChI=1S/C21H23NO5S/c1-15-6-8-16(9-7-15)12-22(17-10-11-28(24,25)14-17)21(23)20-13-26-18-4-2-3-5-19(18)27-20/h2-9,17,20H,10-14H2,1H3/t17-,20-/m0/s1. The average molecular weight is 401 g/mol. The Bertz CT molecular complexity index is 971. The van der Waals surface area contributed by atoms with Crippen LogP contribution in [0.3, 0.4) is 0 Å². The zero-order valence-electron chi connectivity index (χ0n) is 15.7. The first-order valence-corrected chi connectivity index (χ1v) is 11.2. The SMILES string of the molecule is Cc1ccc(CN(C(=O)[C@@H]2COc3ccccc3O2)[C@H]2CCS(=O)(=O)C2)cc1. The fourth-order valence-corrected chi connectivity index (χ4v) is 5.36. The van der Waals surface area contributed by atoms with Gasteiger partial charge in [-0.05, 0) is 31.0 Å². The molecule has 2 aliphatic heterocycles. The van der Waals surface area contributed by atoms with Crippen LogP contribution in [0.1, 0.15) is 17.5 Å². The molecule has 2 atom stereocenters. The molecule has 0 radical (unpaired) electrons. The Morgan fingerprint density at radius 2 is 1.82 bits per heavy atom. The first kappa shape index (κ1) is 18.8. The van der Waals surface area contributed by atoms with Gasteiger partial charge in [-0.15, -0.1) is 0 Å². The second-order valence-corrected chi connectivity index (χ2v) is 9.60. The molecule has 0 aliphatic carbocycles. The van der Waals surface area contributed by atoms with Crippen molar-refractivity contribution in [3.63, 3.8) is 0 Å². The fraction of sp³-hybridized carbons (Fsp3) is 0.381. The van der Waals surface area contributed by atoms with Crippen LogP contribution in [0, 0.1) is 6.92 Å². The topological polar surface area (TPSA) is 72.9 Å². The monoisotopic (exact) mass is 401 g/mol. The first-order valence-electron chi connectivity index (χ1n) is 9.36. The van der Waals surface area contributed by atoms with Gasteiger partial charge in [0.2, 0.25) is 6.10 Å². The van der Waals surface area contributed by atoms with Gasteiger partial charge in [-0.2, -0.15) is 0 Å². The lowest BCUT2D eigenvalue weighted by molar-refractivity contribution is -0.143. The Balaban J connectivity index is 1.57. The predicted octanol–water partition coefficient (Wildman–Crippen LogP) is 2.35. The van der Waals surface area contributed by atoms with Crippen LogP contribution in [0.4, 0.5) is 0 Å². The minimum Gasteiger partial charge on any atom is -0.485 e. The van der Waals surface area contributed by atoms with Crippen LogP contribution in [0.15, 0.2) is 48.5 Å². The number of hydrogen-bond acceptors (Lipinski definition) is 5. The van der Waals surface area contributed by atoms with Gasteiger partial charge in [0.15, 0.2) is 21.3 Å². The summed E-state index contributed by atoms with van der Waals surface area (Å²) in [4.78, 5) is 15.0. The number of rotatable bonds is 4. The zero-order valence-corrected chi connectivity index (χ0v) is 16.5. The summed E-state index contributed by atoms with van der Waals surface area (Å²) in [6, 6.07) is 14.8. The number of aryl methyl sites for hydroxylation is 1. The average Bonchev–Trinajstić information content (AvgIpc) is 3.06. The van der Waals surface area contributed by atoms with Crippen LogP contribution >= 0.6 is 0 Å². The molecular weight excluding hydrogens is 378 g/mol. The van der Waals surface area contributed by atoms with Crippen LogP contribution in [0.5, 0.6) is 11.5 Å². The highest BCUT2D eigenvalue weighted by Crippen LogP contribution is 2.32. The van der Waals surface area contributed by atoms with Crippen LogP contribution in [0.2, 0.25) is 0 Å². The predicted molar refractivity (Wildman–Crippen MR) is 105 cm³/mol. The van der Waals surface area contributed by atoms with Crippen molar-refractivity contribution in [1.29, 1.82) is 0 Å². The van der Waals surface area contributed by atoms with Crippen molar-refractivity contribution < 1.29 is 22.7 Å². The quantitative estimate of drug-likeness (QED) is 0.786. The second kappa shape index (κ2) is 7.47. The van der Waals surface area contributed by atoms with Crippen molar-refractivity contribution in [2.45, 2.75) is 32.0 Å². The molecule has 1 fully saturated rings. The molecule has 0 aromatic heterocycles. The molecule has 2 heterocycles. The molecule has 6 nitrogen and oxygen atoms in total. The molecule has 0 saturated carbocycles. The van der Waals surface area contributed by atoms with E-state index in [1.807, 2.05) is 43.3 Å². The maximum Gasteiger partial charge on any atom is 0.267 e. The fourth-order valence-electron chi connectivity index (χ4n) is 3.62. The van der Waals surface area contributed by atoms with Crippen LogP contribution in [0.25, 0.3) is 0 Å². The highest BCUT2D eigenvalue weighted by atomic mass is 32.2. The van der Waals surface area contributed by atoms with Gasteiger partial charge in [0.1, 0.15) is 6.61 Å². The number of hydrogen-bond donors (Lipinski definition) is 0. The molecule has 7 heteroatoms. The number of nitrogens with zero attached hydrogens (tertiary/aromatic N) is 1. The number of amides is 1. The molecule has 2 aliphatic rings. The van der Waals surface area contributed by atoms with Gasteiger partial charge >= 0.3 is 0 Å². The maximum atomic E-state index is 13.3. The number of sulfone groups is 1. The van der Waals surface area contributed by atoms with Crippen LogP contribution in [-0.2, 0) is 21.2 Å². The van der Waals surface area contributed by atoms with E-state index >= 15 is 0 Å². The molecule has 2 aromatic rings. The van der Waals surface area contributed by atoms with Gasteiger partial charge < -0.3 is 14.4 Å². The summed E-state index contributed by atoms with van der Waals surface area (Å²) in [6.07, 6.45) is -0.340. The maximum absolute atomic E-state index is 13.3. The van der Waals surface area contributed by atoms with Gasteiger partial charge in [-0.25, -0.2) is 8.42 Å². The lowest BCUT2D eigenvalue weighted by atomic mass is 10.1. The van der Waals surface area contributed by atoms with Crippen molar-refractivity contribution in [3.05, 3.63) is 59.7 Å².